The molecule has 3 heteroatoms. The van der Waals surface area contributed by atoms with Crippen molar-refractivity contribution in [1.82, 2.24) is 4.90 Å². The summed E-state index contributed by atoms with van der Waals surface area (Å²) >= 11 is 3.31. The molecule has 0 saturated carbocycles. The predicted molar refractivity (Wildman–Crippen MR) is 62.7 cm³/mol. The van der Waals surface area contributed by atoms with E-state index in [0.29, 0.717) is 5.75 Å². The Balaban J connectivity index is 2.54. The maximum Gasteiger partial charge on any atom is 0.132 e. The first-order chi connectivity index (χ1) is 6.61. The molecular formula is C11H16BrNO. The Kier molecular flexibility index (Phi) is 4.42. The summed E-state index contributed by atoms with van der Waals surface area (Å²) in [5.41, 5.74) is 1.02. The summed E-state index contributed by atoms with van der Waals surface area (Å²) in [6, 6.07) is 5.77. The molecule has 0 atom stereocenters. The van der Waals surface area contributed by atoms with Crippen molar-refractivity contribution in [3.63, 3.8) is 0 Å². The maximum absolute atomic E-state index is 9.70. The second-order valence-corrected chi connectivity index (χ2v) is 4.51. The number of rotatable bonds is 4. The van der Waals surface area contributed by atoms with Crippen LogP contribution in [0.2, 0.25) is 0 Å². The van der Waals surface area contributed by atoms with Crippen LogP contribution in [0.3, 0.4) is 0 Å². The van der Waals surface area contributed by atoms with E-state index < -0.39 is 0 Å². The van der Waals surface area contributed by atoms with Crippen molar-refractivity contribution in [2.24, 2.45) is 0 Å². The van der Waals surface area contributed by atoms with Crippen molar-refractivity contribution in [1.29, 1.82) is 0 Å². The molecule has 0 aliphatic heterocycles. The largest absolute Gasteiger partial charge is 0.506 e. The van der Waals surface area contributed by atoms with Crippen molar-refractivity contribution in [2.45, 2.75) is 12.8 Å². The van der Waals surface area contributed by atoms with Gasteiger partial charge in [-0.1, -0.05) is 12.1 Å². The van der Waals surface area contributed by atoms with Gasteiger partial charge in [-0.2, -0.15) is 0 Å². The van der Waals surface area contributed by atoms with Crippen molar-refractivity contribution >= 4 is 15.9 Å². The predicted octanol–water partition coefficient (Wildman–Crippen LogP) is 2.65. The van der Waals surface area contributed by atoms with Gasteiger partial charge in [0.2, 0.25) is 0 Å². The van der Waals surface area contributed by atoms with E-state index in [2.05, 4.69) is 34.9 Å². The highest BCUT2D eigenvalue weighted by molar-refractivity contribution is 9.10. The lowest BCUT2D eigenvalue weighted by molar-refractivity contribution is 0.397. The highest BCUT2D eigenvalue weighted by Crippen LogP contribution is 2.28. The topological polar surface area (TPSA) is 23.5 Å². The van der Waals surface area contributed by atoms with Crippen molar-refractivity contribution < 1.29 is 5.11 Å². The highest BCUT2D eigenvalue weighted by atomic mass is 79.9. The third-order valence-electron chi connectivity index (χ3n) is 2.12. The molecule has 0 unspecified atom stereocenters. The van der Waals surface area contributed by atoms with Gasteiger partial charge in [0.05, 0.1) is 4.47 Å². The number of phenols is 1. The standard InChI is InChI=1S/C11H16BrNO/c1-13(2)8-4-6-9-5-3-7-10(12)11(9)14/h3,5,7,14H,4,6,8H2,1-2H3. The van der Waals surface area contributed by atoms with Gasteiger partial charge in [0, 0.05) is 0 Å². The summed E-state index contributed by atoms with van der Waals surface area (Å²) in [6.45, 7) is 1.05. The summed E-state index contributed by atoms with van der Waals surface area (Å²) in [6.07, 6.45) is 1.99. The zero-order valence-corrected chi connectivity index (χ0v) is 10.2. The Morgan fingerprint density at radius 3 is 2.71 bits per heavy atom. The summed E-state index contributed by atoms with van der Waals surface area (Å²) in [4.78, 5) is 2.15. The van der Waals surface area contributed by atoms with E-state index in [9.17, 15) is 5.11 Å². The summed E-state index contributed by atoms with van der Waals surface area (Å²) in [5.74, 6) is 0.381. The summed E-state index contributed by atoms with van der Waals surface area (Å²) in [5, 5.41) is 9.70. The molecular weight excluding hydrogens is 242 g/mol. The molecule has 1 aromatic carbocycles. The summed E-state index contributed by atoms with van der Waals surface area (Å²) in [7, 11) is 4.11. The minimum atomic E-state index is 0.381. The van der Waals surface area contributed by atoms with E-state index in [1.54, 1.807) is 0 Å². The van der Waals surface area contributed by atoms with Crippen molar-refractivity contribution in [2.75, 3.05) is 20.6 Å². The smallest absolute Gasteiger partial charge is 0.132 e. The highest BCUT2D eigenvalue weighted by Gasteiger charge is 2.04. The van der Waals surface area contributed by atoms with Crippen LogP contribution < -0.4 is 0 Å². The van der Waals surface area contributed by atoms with Crippen molar-refractivity contribution in [3.05, 3.63) is 28.2 Å². The molecule has 0 bridgehead atoms. The van der Waals surface area contributed by atoms with Crippen molar-refractivity contribution in [3.8, 4) is 5.75 Å². The first-order valence-electron chi connectivity index (χ1n) is 4.72. The van der Waals surface area contributed by atoms with E-state index >= 15 is 0 Å². The van der Waals surface area contributed by atoms with Crippen LogP contribution in [0.4, 0.5) is 0 Å². The molecule has 2 nitrogen and oxygen atoms in total. The number of nitrogens with zero attached hydrogens (tertiary/aromatic N) is 1. The molecule has 0 spiro atoms. The third-order valence-corrected chi connectivity index (χ3v) is 2.76. The molecule has 0 aliphatic carbocycles. The van der Waals surface area contributed by atoms with Gasteiger partial charge < -0.3 is 10.0 Å². The van der Waals surface area contributed by atoms with Gasteiger partial charge in [-0.25, -0.2) is 0 Å². The molecule has 0 radical (unpaired) electrons. The third kappa shape index (κ3) is 3.31. The lowest BCUT2D eigenvalue weighted by Gasteiger charge is -2.10. The van der Waals surface area contributed by atoms with Crippen LogP contribution in [0.1, 0.15) is 12.0 Å². The molecule has 1 rings (SSSR count). The maximum atomic E-state index is 9.70. The van der Waals surface area contributed by atoms with Crippen LogP contribution in [0.5, 0.6) is 5.75 Å². The molecule has 0 aliphatic rings. The van der Waals surface area contributed by atoms with Crippen LogP contribution in [0, 0.1) is 0 Å². The number of aryl methyl sites for hydroxylation is 1. The Morgan fingerprint density at radius 2 is 2.07 bits per heavy atom. The van der Waals surface area contributed by atoms with E-state index in [1.165, 1.54) is 0 Å². The fourth-order valence-electron chi connectivity index (χ4n) is 1.35. The normalized spacial score (nSPS) is 10.9. The Bertz CT molecular complexity index is 299. The Labute approximate surface area is 93.7 Å². The van der Waals surface area contributed by atoms with Crippen LogP contribution in [-0.4, -0.2) is 30.6 Å². The first-order valence-corrected chi connectivity index (χ1v) is 5.51. The number of phenolic OH excluding ortho intramolecular Hbond substituents is 1. The molecule has 0 amide bonds. The van der Waals surface area contributed by atoms with Gasteiger partial charge in [0.25, 0.3) is 0 Å². The number of hydrogen-bond donors (Lipinski definition) is 1. The van der Waals surface area contributed by atoms with E-state index in [0.717, 1.165) is 29.4 Å². The second kappa shape index (κ2) is 5.37. The van der Waals surface area contributed by atoms with E-state index in [-0.39, 0.29) is 0 Å². The van der Waals surface area contributed by atoms with Crippen LogP contribution in [-0.2, 0) is 6.42 Å². The van der Waals surface area contributed by atoms with E-state index in [1.807, 2.05) is 18.2 Å². The lowest BCUT2D eigenvalue weighted by Crippen LogP contribution is -2.13. The molecule has 78 valence electrons. The van der Waals surface area contributed by atoms with Crippen LogP contribution in [0.25, 0.3) is 0 Å². The molecule has 1 N–H and O–H groups in total. The fraction of sp³-hybridized carbons (Fsp3) is 0.455. The molecule has 14 heavy (non-hydrogen) atoms. The average molecular weight is 258 g/mol. The van der Waals surface area contributed by atoms with Gasteiger partial charge in [-0.15, -0.1) is 0 Å². The molecule has 0 heterocycles. The first kappa shape index (κ1) is 11.5. The van der Waals surface area contributed by atoms with Gasteiger partial charge in [0.1, 0.15) is 5.75 Å². The minimum absolute atomic E-state index is 0.381. The molecule has 0 saturated heterocycles. The van der Waals surface area contributed by atoms with Gasteiger partial charge in [-0.3, -0.25) is 0 Å². The van der Waals surface area contributed by atoms with Gasteiger partial charge in [0.15, 0.2) is 0 Å². The number of aromatic hydroxyl groups is 1. The SMILES string of the molecule is CN(C)CCCc1cccc(Br)c1O. The number of benzene rings is 1. The van der Waals surface area contributed by atoms with Gasteiger partial charge in [-0.05, 0) is 61.0 Å². The average Bonchev–Trinajstić information content (AvgIpc) is 2.12. The fourth-order valence-corrected chi connectivity index (χ4v) is 1.75. The van der Waals surface area contributed by atoms with Gasteiger partial charge >= 0.3 is 0 Å². The van der Waals surface area contributed by atoms with Crippen LogP contribution in [0.15, 0.2) is 22.7 Å². The summed E-state index contributed by atoms with van der Waals surface area (Å²) < 4.78 is 0.778. The Hall–Kier alpha value is -0.540. The zero-order chi connectivity index (χ0) is 10.6. The zero-order valence-electron chi connectivity index (χ0n) is 8.63. The second-order valence-electron chi connectivity index (χ2n) is 3.65. The minimum Gasteiger partial charge on any atom is -0.506 e. The molecule has 1 aromatic rings. The number of hydrogen-bond acceptors (Lipinski definition) is 2. The quantitative estimate of drug-likeness (QED) is 0.897. The lowest BCUT2D eigenvalue weighted by atomic mass is 10.1. The molecule has 0 fully saturated rings. The monoisotopic (exact) mass is 257 g/mol. The van der Waals surface area contributed by atoms with Crippen LogP contribution >= 0.6 is 15.9 Å². The molecule has 0 aromatic heterocycles. The number of para-hydroxylation sites is 1. The Morgan fingerprint density at radius 1 is 1.36 bits per heavy atom. The van der Waals surface area contributed by atoms with E-state index in [4.69, 9.17) is 0 Å². The number of halogens is 1.